The van der Waals surface area contributed by atoms with Gasteiger partial charge >= 0.3 is 0 Å². The Labute approximate surface area is 124 Å². The quantitative estimate of drug-likeness (QED) is 0.640. The molecule has 1 aliphatic rings. The molecule has 1 saturated heterocycles. The van der Waals surface area contributed by atoms with E-state index in [9.17, 15) is 9.90 Å². The number of nitrogens with two attached hydrogens (primary N) is 2. The van der Waals surface area contributed by atoms with E-state index in [-0.39, 0.29) is 18.4 Å². The van der Waals surface area contributed by atoms with Crippen LogP contribution in [0, 0.1) is 5.92 Å². The molecular weight excluding hydrogens is 270 g/mol. The van der Waals surface area contributed by atoms with E-state index < -0.39 is 6.10 Å². The number of aliphatic hydroxyl groups excluding tert-OH is 1. The molecular formula is C15H23N3O3. The highest BCUT2D eigenvalue weighted by Gasteiger charge is 2.27. The van der Waals surface area contributed by atoms with Gasteiger partial charge in [-0.25, -0.2) is 0 Å². The Balaban J connectivity index is 1.75. The summed E-state index contributed by atoms with van der Waals surface area (Å²) in [5, 5.41) is 10.0. The fourth-order valence-electron chi connectivity index (χ4n) is 2.54. The Morgan fingerprint density at radius 1 is 1.52 bits per heavy atom. The zero-order valence-electron chi connectivity index (χ0n) is 12.1. The van der Waals surface area contributed by atoms with Crippen molar-refractivity contribution in [2.24, 2.45) is 17.4 Å². The monoisotopic (exact) mass is 293 g/mol. The second-order valence-electron chi connectivity index (χ2n) is 5.46. The Morgan fingerprint density at radius 2 is 2.33 bits per heavy atom. The molecule has 2 rings (SSSR count). The molecule has 1 amide bonds. The van der Waals surface area contributed by atoms with Gasteiger partial charge < -0.3 is 21.3 Å². The van der Waals surface area contributed by atoms with Gasteiger partial charge in [-0.2, -0.15) is 0 Å². The number of rotatable bonds is 7. The van der Waals surface area contributed by atoms with Crippen molar-refractivity contribution >= 4 is 5.91 Å². The Hall–Kier alpha value is -1.63. The summed E-state index contributed by atoms with van der Waals surface area (Å²) < 4.78 is 5.57. The van der Waals surface area contributed by atoms with Crippen molar-refractivity contribution in [1.29, 1.82) is 0 Å². The van der Waals surface area contributed by atoms with E-state index in [4.69, 9.17) is 16.2 Å². The summed E-state index contributed by atoms with van der Waals surface area (Å²) in [5.74, 6) is 0.342. The van der Waals surface area contributed by atoms with E-state index >= 15 is 0 Å². The molecule has 116 valence electrons. The SMILES string of the molecule is NCc1cccc(OCC(O)CN2CCC(C(N)=O)C2)c1. The number of amides is 1. The van der Waals surface area contributed by atoms with E-state index in [1.165, 1.54) is 0 Å². The van der Waals surface area contributed by atoms with Gasteiger partial charge in [0, 0.05) is 19.6 Å². The number of ether oxygens (including phenoxy) is 1. The number of β-amino-alcohol motifs (C(OH)–C–C–N with tert-alkyl or cyclic N) is 1. The number of likely N-dealkylation sites (tertiary alicyclic amines) is 1. The van der Waals surface area contributed by atoms with Gasteiger partial charge in [0.15, 0.2) is 0 Å². The molecule has 6 nitrogen and oxygen atoms in total. The molecule has 6 heteroatoms. The number of hydrogen-bond acceptors (Lipinski definition) is 5. The average Bonchev–Trinajstić information content (AvgIpc) is 2.94. The van der Waals surface area contributed by atoms with Crippen molar-refractivity contribution in [3.8, 4) is 5.75 Å². The topological polar surface area (TPSA) is 102 Å². The van der Waals surface area contributed by atoms with E-state index in [0.717, 1.165) is 18.5 Å². The third kappa shape index (κ3) is 4.70. The summed E-state index contributed by atoms with van der Waals surface area (Å²) >= 11 is 0. The van der Waals surface area contributed by atoms with Gasteiger partial charge in [0.1, 0.15) is 18.5 Å². The highest BCUT2D eigenvalue weighted by Crippen LogP contribution is 2.16. The van der Waals surface area contributed by atoms with Crippen molar-refractivity contribution in [3.63, 3.8) is 0 Å². The minimum absolute atomic E-state index is 0.0978. The van der Waals surface area contributed by atoms with Crippen LogP contribution >= 0.6 is 0 Å². The summed E-state index contributed by atoms with van der Waals surface area (Å²) in [5.41, 5.74) is 11.9. The molecule has 21 heavy (non-hydrogen) atoms. The van der Waals surface area contributed by atoms with Crippen LogP contribution in [-0.4, -0.2) is 48.3 Å². The molecule has 0 radical (unpaired) electrons. The molecule has 0 aromatic heterocycles. The minimum atomic E-state index is -0.599. The average molecular weight is 293 g/mol. The van der Waals surface area contributed by atoms with Crippen molar-refractivity contribution in [1.82, 2.24) is 4.90 Å². The molecule has 2 unspecified atom stereocenters. The lowest BCUT2D eigenvalue weighted by Gasteiger charge is -2.20. The van der Waals surface area contributed by atoms with Gasteiger partial charge in [-0.1, -0.05) is 12.1 Å². The predicted molar refractivity (Wildman–Crippen MR) is 79.6 cm³/mol. The number of carbonyl (C=O) groups is 1. The third-order valence-corrected chi connectivity index (χ3v) is 3.72. The molecule has 1 fully saturated rings. The maximum atomic E-state index is 11.1. The van der Waals surface area contributed by atoms with Crippen LogP contribution in [0.2, 0.25) is 0 Å². The van der Waals surface area contributed by atoms with Crippen LogP contribution in [-0.2, 0) is 11.3 Å². The van der Waals surface area contributed by atoms with E-state index in [0.29, 0.717) is 25.4 Å². The molecule has 0 aliphatic carbocycles. The van der Waals surface area contributed by atoms with Gasteiger partial charge in [0.2, 0.25) is 5.91 Å². The fourth-order valence-corrected chi connectivity index (χ4v) is 2.54. The largest absolute Gasteiger partial charge is 0.491 e. The molecule has 0 saturated carbocycles. The fraction of sp³-hybridized carbons (Fsp3) is 0.533. The normalized spacial score (nSPS) is 20.4. The van der Waals surface area contributed by atoms with Crippen molar-refractivity contribution in [2.75, 3.05) is 26.2 Å². The molecule has 1 aliphatic heterocycles. The van der Waals surface area contributed by atoms with Crippen molar-refractivity contribution in [3.05, 3.63) is 29.8 Å². The number of benzene rings is 1. The van der Waals surface area contributed by atoms with Crippen LogP contribution in [0.25, 0.3) is 0 Å². The number of hydrogen-bond donors (Lipinski definition) is 3. The lowest BCUT2D eigenvalue weighted by atomic mass is 10.1. The lowest BCUT2D eigenvalue weighted by molar-refractivity contribution is -0.121. The van der Waals surface area contributed by atoms with Crippen LogP contribution in [0.4, 0.5) is 0 Å². The summed E-state index contributed by atoms with van der Waals surface area (Å²) in [6, 6.07) is 7.51. The minimum Gasteiger partial charge on any atom is -0.491 e. The number of carbonyl (C=O) groups excluding carboxylic acids is 1. The van der Waals surface area contributed by atoms with Gasteiger partial charge in [0.05, 0.1) is 5.92 Å². The number of primary amides is 1. The van der Waals surface area contributed by atoms with E-state index in [2.05, 4.69) is 0 Å². The molecule has 2 atom stereocenters. The summed E-state index contributed by atoms with van der Waals surface area (Å²) in [7, 11) is 0. The van der Waals surface area contributed by atoms with Crippen LogP contribution in [0.1, 0.15) is 12.0 Å². The highest BCUT2D eigenvalue weighted by molar-refractivity contribution is 5.77. The van der Waals surface area contributed by atoms with Crippen LogP contribution in [0.15, 0.2) is 24.3 Å². The smallest absolute Gasteiger partial charge is 0.221 e. The first kappa shape index (κ1) is 15.8. The Morgan fingerprint density at radius 3 is 3.00 bits per heavy atom. The van der Waals surface area contributed by atoms with Crippen LogP contribution < -0.4 is 16.2 Å². The third-order valence-electron chi connectivity index (χ3n) is 3.72. The molecule has 1 heterocycles. The first-order valence-electron chi connectivity index (χ1n) is 7.20. The van der Waals surface area contributed by atoms with Crippen molar-refractivity contribution < 1.29 is 14.6 Å². The maximum absolute atomic E-state index is 11.1. The Kier molecular flexibility index (Phi) is 5.55. The molecule has 1 aromatic carbocycles. The second-order valence-corrected chi connectivity index (χ2v) is 5.46. The summed E-state index contributed by atoms with van der Waals surface area (Å²) in [6.45, 7) is 2.57. The lowest BCUT2D eigenvalue weighted by Crippen LogP contribution is -2.35. The number of aliphatic hydroxyl groups is 1. The second kappa shape index (κ2) is 7.40. The Bertz CT molecular complexity index is 481. The predicted octanol–water partition coefficient (Wildman–Crippen LogP) is -0.308. The van der Waals surface area contributed by atoms with Gasteiger partial charge in [-0.05, 0) is 30.7 Å². The van der Waals surface area contributed by atoms with E-state index in [1.807, 2.05) is 29.2 Å². The molecule has 0 spiro atoms. The van der Waals surface area contributed by atoms with Crippen molar-refractivity contribution in [2.45, 2.75) is 19.1 Å². The van der Waals surface area contributed by atoms with Gasteiger partial charge in [-0.15, -0.1) is 0 Å². The van der Waals surface area contributed by atoms with Crippen LogP contribution in [0.5, 0.6) is 5.75 Å². The molecule has 1 aromatic rings. The summed E-state index contributed by atoms with van der Waals surface area (Å²) in [4.78, 5) is 13.1. The first-order chi connectivity index (χ1) is 10.1. The number of nitrogens with zero attached hydrogens (tertiary/aromatic N) is 1. The zero-order valence-corrected chi connectivity index (χ0v) is 12.1. The standard InChI is InChI=1S/C15H23N3O3/c16-7-11-2-1-3-14(6-11)21-10-13(19)9-18-5-4-12(8-18)15(17)20/h1-3,6,12-13,19H,4-5,7-10,16H2,(H2,17,20). The highest BCUT2D eigenvalue weighted by atomic mass is 16.5. The molecule has 0 bridgehead atoms. The van der Waals surface area contributed by atoms with E-state index in [1.54, 1.807) is 0 Å². The first-order valence-corrected chi connectivity index (χ1v) is 7.20. The summed E-state index contributed by atoms with van der Waals surface area (Å²) in [6.07, 6.45) is 0.166. The zero-order chi connectivity index (χ0) is 15.2. The molecule has 5 N–H and O–H groups in total. The van der Waals surface area contributed by atoms with Gasteiger partial charge in [-0.3, -0.25) is 9.69 Å². The van der Waals surface area contributed by atoms with Gasteiger partial charge in [0.25, 0.3) is 0 Å². The maximum Gasteiger partial charge on any atom is 0.221 e. The van der Waals surface area contributed by atoms with Crippen LogP contribution in [0.3, 0.4) is 0 Å².